The average molecular weight is 305 g/mol. The minimum atomic E-state index is -1.52. The van der Waals surface area contributed by atoms with Gasteiger partial charge in [0, 0.05) is 11.4 Å². The molecule has 1 heterocycles. The Morgan fingerprint density at radius 3 is 2.37 bits per heavy atom. The molecule has 0 aliphatic rings. The molecule has 0 aliphatic carbocycles. The number of rotatable bonds is 6. The minimum absolute atomic E-state index is 0.326. The highest BCUT2D eigenvalue weighted by atomic mass is 35.5. The van der Waals surface area contributed by atoms with Crippen molar-refractivity contribution in [3.63, 3.8) is 0 Å². The van der Waals surface area contributed by atoms with Gasteiger partial charge in [-0.25, -0.2) is 4.79 Å². The van der Waals surface area contributed by atoms with Crippen molar-refractivity contribution in [2.24, 2.45) is 11.5 Å². The molecule has 6 N–H and O–H groups in total. The van der Waals surface area contributed by atoms with Crippen LogP contribution < -0.4 is 22.1 Å². The van der Waals surface area contributed by atoms with Crippen molar-refractivity contribution in [2.45, 2.75) is 12.5 Å². The summed E-state index contributed by atoms with van der Waals surface area (Å²) in [5.41, 5.74) is 9.83. The molecule has 9 heteroatoms. The van der Waals surface area contributed by atoms with Gasteiger partial charge in [-0.1, -0.05) is 11.6 Å². The summed E-state index contributed by atoms with van der Waals surface area (Å²) in [6, 6.07) is 1.40. The van der Waals surface area contributed by atoms with Crippen LogP contribution in [0.3, 0.4) is 0 Å². The topological polar surface area (TPSA) is 127 Å². The summed E-state index contributed by atoms with van der Waals surface area (Å²) in [6.45, 7) is 0.326. The molecule has 0 spiro atoms. The molecular weight excluding hydrogens is 292 g/mol. The zero-order valence-corrected chi connectivity index (χ0v) is 11.4. The Morgan fingerprint density at radius 1 is 1.26 bits per heavy atom. The molecule has 0 unspecified atom stereocenters. The summed E-state index contributed by atoms with van der Waals surface area (Å²) < 4.78 is 0.668. The summed E-state index contributed by atoms with van der Waals surface area (Å²) in [5.74, 6) is -2.01. The fourth-order valence-electron chi connectivity index (χ4n) is 1.25. The SMILES string of the molecule is NC(=O)C(NC(=O)NCCc1ccc(Cl)s1)C(N)=O. The third-order valence-electron chi connectivity index (χ3n) is 2.13. The van der Waals surface area contributed by atoms with Gasteiger partial charge in [0.25, 0.3) is 0 Å². The molecule has 7 nitrogen and oxygen atoms in total. The van der Waals surface area contributed by atoms with Gasteiger partial charge in [-0.2, -0.15) is 0 Å². The zero-order chi connectivity index (χ0) is 14.4. The van der Waals surface area contributed by atoms with E-state index in [0.717, 1.165) is 4.88 Å². The molecule has 104 valence electrons. The number of amides is 4. The standard InChI is InChI=1S/C10H13ClN4O3S/c11-6-2-1-5(19-6)3-4-14-10(18)15-7(8(12)16)9(13)17/h1-2,7H,3-4H2,(H2,12,16)(H2,13,17)(H2,14,15,18). The third kappa shape index (κ3) is 5.14. The molecule has 1 rings (SSSR count). The first-order chi connectivity index (χ1) is 8.90. The molecule has 4 amide bonds. The molecule has 0 aromatic carbocycles. The lowest BCUT2D eigenvalue weighted by atomic mass is 10.3. The fraction of sp³-hybridized carbons (Fsp3) is 0.300. The quantitative estimate of drug-likeness (QED) is 0.533. The third-order valence-corrected chi connectivity index (χ3v) is 3.42. The van der Waals surface area contributed by atoms with Crippen LogP contribution in [0.5, 0.6) is 0 Å². The predicted molar refractivity (Wildman–Crippen MR) is 71.7 cm³/mol. The molecule has 0 bridgehead atoms. The highest BCUT2D eigenvalue weighted by Gasteiger charge is 2.23. The lowest BCUT2D eigenvalue weighted by Crippen LogP contribution is -2.55. The summed E-state index contributed by atoms with van der Waals surface area (Å²) >= 11 is 7.17. The van der Waals surface area contributed by atoms with Crippen LogP contribution in [-0.2, 0) is 16.0 Å². The van der Waals surface area contributed by atoms with Gasteiger partial charge >= 0.3 is 6.03 Å². The minimum Gasteiger partial charge on any atom is -0.367 e. The van der Waals surface area contributed by atoms with Crippen LogP contribution in [0, 0.1) is 0 Å². The monoisotopic (exact) mass is 304 g/mol. The smallest absolute Gasteiger partial charge is 0.315 e. The number of primary amides is 2. The maximum absolute atomic E-state index is 11.4. The Kier molecular flexibility index (Phi) is 5.58. The molecule has 0 aliphatic heterocycles. The van der Waals surface area contributed by atoms with Crippen molar-refractivity contribution >= 4 is 40.8 Å². The molecule has 0 radical (unpaired) electrons. The molecule has 0 saturated heterocycles. The van der Waals surface area contributed by atoms with Crippen molar-refractivity contribution in [3.05, 3.63) is 21.3 Å². The Hall–Kier alpha value is -1.80. The number of nitrogens with two attached hydrogens (primary N) is 2. The van der Waals surface area contributed by atoms with Gasteiger partial charge in [0.15, 0.2) is 6.04 Å². The predicted octanol–water partition coefficient (Wildman–Crippen LogP) is -0.418. The lowest BCUT2D eigenvalue weighted by molar-refractivity contribution is -0.128. The number of carbonyl (C=O) groups is 3. The summed E-state index contributed by atoms with van der Waals surface area (Å²) in [7, 11) is 0. The number of carbonyl (C=O) groups excluding carboxylic acids is 3. The Balaban J connectivity index is 2.35. The molecule has 0 atom stereocenters. The van der Waals surface area contributed by atoms with E-state index in [1.54, 1.807) is 6.07 Å². The van der Waals surface area contributed by atoms with Gasteiger partial charge in [-0.05, 0) is 18.6 Å². The number of thiophene rings is 1. The number of nitrogens with one attached hydrogen (secondary N) is 2. The Bertz CT molecular complexity index is 477. The van der Waals surface area contributed by atoms with Crippen LogP contribution in [-0.4, -0.2) is 30.4 Å². The number of hydrogen-bond acceptors (Lipinski definition) is 4. The van der Waals surface area contributed by atoms with E-state index in [-0.39, 0.29) is 0 Å². The second-order valence-corrected chi connectivity index (χ2v) is 5.39. The van der Waals surface area contributed by atoms with Crippen LogP contribution in [0.4, 0.5) is 4.79 Å². The Labute approximate surface area is 118 Å². The molecule has 0 fully saturated rings. The van der Waals surface area contributed by atoms with Crippen LogP contribution in [0.15, 0.2) is 12.1 Å². The maximum Gasteiger partial charge on any atom is 0.315 e. The second-order valence-electron chi connectivity index (χ2n) is 3.59. The molecule has 0 saturated carbocycles. The van der Waals surface area contributed by atoms with E-state index in [2.05, 4.69) is 10.6 Å². The van der Waals surface area contributed by atoms with Gasteiger partial charge in [-0.15, -0.1) is 11.3 Å². The molecule has 19 heavy (non-hydrogen) atoms. The molecule has 1 aromatic heterocycles. The maximum atomic E-state index is 11.4. The zero-order valence-electron chi connectivity index (χ0n) is 9.81. The first-order valence-electron chi connectivity index (χ1n) is 5.27. The van der Waals surface area contributed by atoms with Gasteiger partial charge in [0.05, 0.1) is 4.34 Å². The van der Waals surface area contributed by atoms with Crippen molar-refractivity contribution < 1.29 is 14.4 Å². The summed E-state index contributed by atoms with van der Waals surface area (Å²) in [6.07, 6.45) is 0.586. The lowest BCUT2D eigenvalue weighted by Gasteiger charge is -2.12. The van der Waals surface area contributed by atoms with E-state index in [1.165, 1.54) is 11.3 Å². The first-order valence-corrected chi connectivity index (χ1v) is 6.47. The van der Waals surface area contributed by atoms with E-state index in [4.69, 9.17) is 23.1 Å². The fourth-order valence-corrected chi connectivity index (χ4v) is 2.34. The summed E-state index contributed by atoms with van der Waals surface area (Å²) in [5, 5.41) is 4.56. The van der Waals surface area contributed by atoms with E-state index in [0.29, 0.717) is 17.3 Å². The van der Waals surface area contributed by atoms with Crippen LogP contribution in [0.25, 0.3) is 0 Å². The highest BCUT2D eigenvalue weighted by Crippen LogP contribution is 2.21. The van der Waals surface area contributed by atoms with Gasteiger partial charge in [-0.3, -0.25) is 9.59 Å². The Morgan fingerprint density at radius 2 is 1.89 bits per heavy atom. The number of hydrogen-bond donors (Lipinski definition) is 4. The van der Waals surface area contributed by atoms with Crippen molar-refractivity contribution in [2.75, 3.05) is 6.54 Å². The van der Waals surface area contributed by atoms with Gasteiger partial charge in [0.1, 0.15) is 0 Å². The van der Waals surface area contributed by atoms with E-state index in [9.17, 15) is 14.4 Å². The van der Waals surface area contributed by atoms with Crippen LogP contribution in [0.1, 0.15) is 4.88 Å². The second kappa shape index (κ2) is 6.95. The first kappa shape index (κ1) is 15.3. The van der Waals surface area contributed by atoms with E-state index in [1.807, 2.05) is 6.07 Å². The average Bonchev–Trinajstić information content (AvgIpc) is 2.71. The summed E-state index contributed by atoms with van der Waals surface area (Å²) in [4.78, 5) is 34.1. The van der Waals surface area contributed by atoms with Gasteiger partial charge < -0.3 is 22.1 Å². The molecular formula is C10H13ClN4O3S. The van der Waals surface area contributed by atoms with Gasteiger partial charge in [0.2, 0.25) is 11.8 Å². The van der Waals surface area contributed by atoms with Crippen LogP contribution >= 0.6 is 22.9 Å². The normalized spacial score (nSPS) is 10.2. The number of urea groups is 1. The van der Waals surface area contributed by atoms with E-state index >= 15 is 0 Å². The largest absolute Gasteiger partial charge is 0.367 e. The van der Waals surface area contributed by atoms with E-state index < -0.39 is 23.9 Å². The molecule has 1 aromatic rings. The van der Waals surface area contributed by atoms with Crippen molar-refractivity contribution in [3.8, 4) is 0 Å². The highest BCUT2D eigenvalue weighted by molar-refractivity contribution is 7.16. The van der Waals surface area contributed by atoms with Crippen molar-refractivity contribution in [1.82, 2.24) is 10.6 Å². The van der Waals surface area contributed by atoms with Crippen molar-refractivity contribution in [1.29, 1.82) is 0 Å². The van der Waals surface area contributed by atoms with Crippen LogP contribution in [0.2, 0.25) is 4.34 Å². The number of halogens is 1.